The van der Waals surface area contributed by atoms with Gasteiger partial charge in [0.25, 0.3) is 10.0 Å². The van der Waals surface area contributed by atoms with Gasteiger partial charge in [-0.3, -0.25) is 0 Å². The Balaban J connectivity index is 2.73. The molecule has 1 aromatic rings. The SMILES string of the molecule is CC1=NS(=O)(=O)c2ccccc2C1. The smallest absolute Gasteiger partial charge is 0.199 e. The Morgan fingerprint density at radius 3 is 2.77 bits per heavy atom. The summed E-state index contributed by atoms with van der Waals surface area (Å²) in [4.78, 5) is 0.348. The molecule has 1 aromatic carbocycles. The van der Waals surface area contributed by atoms with Crippen LogP contribution in [0.4, 0.5) is 0 Å². The summed E-state index contributed by atoms with van der Waals surface area (Å²) in [5, 5.41) is 0. The molecule has 0 radical (unpaired) electrons. The highest BCUT2D eigenvalue weighted by molar-refractivity contribution is 7.90. The van der Waals surface area contributed by atoms with Crippen molar-refractivity contribution in [3.05, 3.63) is 29.8 Å². The highest BCUT2D eigenvalue weighted by Gasteiger charge is 2.21. The molecule has 4 heteroatoms. The number of sulfonamides is 1. The second-order valence-corrected chi connectivity index (χ2v) is 4.66. The van der Waals surface area contributed by atoms with Gasteiger partial charge in [-0.05, 0) is 18.6 Å². The molecule has 0 saturated carbocycles. The zero-order chi connectivity index (χ0) is 9.47. The van der Waals surface area contributed by atoms with E-state index in [1.807, 2.05) is 12.1 Å². The summed E-state index contributed by atoms with van der Waals surface area (Å²) in [7, 11) is -3.40. The molecule has 0 fully saturated rings. The van der Waals surface area contributed by atoms with Crippen molar-refractivity contribution in [2.45, 2.75) is 18.2 Å². The van der Waals surface area contributed by atoms with Gasteiger partial charge in [0.05, 0.1) is 4.90 Å². The molecule has 0 aromatic heterocycles. The molecular weight excluding hydrogens is 186 g/mol. The normalized spacial score (nSPS) is 19.0. The summed E-state index contributed by atoms with van der Waals surface area (Å²) in [6, 6.07) is 6.98. The zero-order valence-electron chi connectivity index (χ0n) is 7.19. The molecule has 3 nitrogen and oxygen atoms in total. The van der Waals surface area contributed by atoms with E-state index >= 15 is 0 Å². The first-order valence-electron chi connectivity index (χ1n) is 3.98. The lowest BCUT2D eigenvalue weighted by Gasteiger charge is -2.12. The van der Waals surface area contributed by atoms with Gasteiger partial charge in [-0.25, -0.2) is 0 Å². The third kappa shape index (κ3) is 1.37. The molecule has 0 amide bonds. The maximum absolute atomic E-state index is 11.5. The Morgan fingerprint density at radius 1 is 1.31 bits per heavy atom. The Morgan fingerprint density at radius 2 is 2.00 bits per heavy atom. The quantitative estimate of drug-likeness (QED) is 0.628. The molecule has 1 aliphatic heterocycles. The predicted molar refractivity (Wildman–Crippen MR) is 50.4 cm³/mol. The van der Waals surface area contributed by atoms with Crippen molar-refractivity contribution in [2.75, 3.05) is 0 Å². The molecule has 2 rings (SSSR count). The fraction of sp³-hybridized carbons (Fsp3) is 0.222. The van der Waals surface area contributed by atoms with Gasteiger partial charge < -0.3 is 0 Å². The number of fused-ring (bicyclic) bond motifs is 1. The molecule has 68 valence electrons. The lowest BCUT2D eigenvalue weighted by atomic mass is 10.1. The number of benzene rings is 1. The third-order valence-corrected chi connectivity index (χ3v) is 3.48. The van der Waals surface area contributed by atoms with Crippen LogP contribution in [0.2, 0.25) is 0 Å². The monoisotopic (exact) mass is 195 g/mol. The summed E-state index contributed by atoms with van der Waals surface area (Å²) >= 11 is 0. The zero-order valence-corrected chi connectivity index (χ0v) is 8.00. The van der Waals surface area contributed by atoms with Crippen molar-refractivity contribution in [2.24, 2.45) is 4.40 Å². The third-order valence-electron chi connectivity index (χ3n) is 1.97. The van der Waals surface area contributed by atoms with E-state index in [0.717, 1.165) is 5.56 Å². The van der Waals surface area contributed by atoms with Crippen LogP contribution in [0.5, 0.6) is 0 Å². The first-order valence-corrected chi connectivity index (χ1v) is 5.42. The van der Waals surface area contributed by atoms with Gasteiger partial charge in [0, 0.05) is 12.1 Å². The van der Waals surface area contributed by atoms with Gasteiger partial charge in [0.15, 0.2) is 0 Å². The van der Waals surface area contributed by atoms with Crippen LogP contribution in [0.15, 0.2) is 33.6 Å². The molecule has 0 bridgehead atoms. The highest BCUT2D eigenvalue weighted by atomic mass is 32.2. The molecule has 1 aliphatic rings. The topological polar surface area (TPSA) is 46.5 Å². The van der Waals surface area contributed by atoms with E-state index in [9.17, 15) is 8.42 Å². The number of hydrogen-bond acceptors (Lipinski definition) is 2. The van der Waals surface area contributed by atoms with Crippen molar-refractivity contribution in [1.29, 1.82) is 0 Å². The number of rotatable bonds is 0. The summed E-state index contributed by atoms with van der Waals surface area (Å²) in [6.07, 6.45) is 0.634. The minimum atomic E-state index is -3.40. The molecular formula is C9H9NO2S. The Kier molecular flexibility index (Phi) is 1.73. The van der Waals surface area contributed by atoms with E-state index < -0.39 is 10.0 Å². The minimum absolute atomic E-state index is 0.348. The van der Waals surface area contributed by atoms with E-state index in [4.69, 9.17) is 0 Å². The van der Waals surface area contributed by atoms with Gasteiger partial charge in [-0.1, -0.05) is 18.2 Å². The largest absolute Gasteiger partial charge is 0.282 e. The fourth-order valence-corrected chi connectivity index (χ4v) is 2.76. The maximum Gasteiger partial charge on any atom is 0.282 e. The number of nitrogens with zero attached hydrogens (tertiary/aromatic N) is 1. The maximum atomic E-state index is 11.5. The van der Waals surface area contributed by atoms with Gasteiger partial charge >= 0.3 is 0 Å². The summed E-state index contributed by atoms with van der Waals surface area (Å²) in [5.41, 5.74) is 1.49. The lowest BCUT2D eigenvalue weighted by Crippen LogP contribution is -2.13. The number of hydrogen-bond donors (Lipinski definition) is 0. The van der Waals surface area contributed by atoms with Crippen molar-refractivity contribution >= 4 is 15.7 Å². The van der Waals surface area contributed by atoms with Crippen LogP contribution in [0.3, 0.4) is 0 Å². The van der Waals surface area contributed by atoms with E-state index in [2.05, 4.69) is 4.40 Å². The minimum Gasteiger partial charge on any atom is -0.199 e. The van der Waals surface area contributed by atoms with Gasteiger partial charge in [0.2, 0.25) is 0 Å². The molecule has 0 N–H and O–H groups in total. The second kappa shape index (κ2) is 2.67. The van der Waals surface area contributed by atoms with E-state index in [0.29, 0.717) is 17.0 Å². The van der Waals surface area contributed by atoms with Crippen molar-refractivity contribution in [1.82, 2.24) is 0 Å². The van der Waals surface area contributed by atoms with Crippen LogP contribution in [0.25, 0.3) is 0 Å². The average molecular weight is 195 g/mol. The standard InChI is InChI=1S/C9H9NO2S/c1-7-6-8-4-2-3-5-9(8)13(11,12)10-7/h2-5H,6H2,1H3. The first kappa shape index (κ1) is 8.44. The van der Waals surface area contributed by atoms with Crippen molar-refractivity contribution in [3.63, 3.8) is 0 Å². The van der Waals surface area contributed by atoms with Crippen LogP contribution in [0.1, 0.15) is 12.5 Å². The van der Waals surface area contributed by atoms with E-state index in [-0.39, 0.29) is 0 Å². The van der Waals surface area contributed by atoms with Gasteiger partial charge in [-0.2, -0.15) is 12.8 Å². The summed E-state index contributed by atoms with van der Waals surface area (Å²) in [5.74, 6) is 0. The lowest BCUT2D eigenvalue weighted by molar-refractivity contribution is 0.596. The Labute approximate surface area is 77.2 Å². The van der Waals surface area contributed by atoms with Gasteiger partial charge in [0.1, 0.15) is 0 Å². The molecule has 0 saturated heterocycles. The van der Waals surface area contributed by atoms with Crippen LogP contribution in [-0.4, -0.2) is 14.1 Å². The Hall–Kier alpha value is -1.16. The summed E-state index contributed by atoms with van der Waals surface area (Å²) < 4.78 is 26.6. The molecule has 1 heterocycles. The van der Waals surface area contributed by atoms with Gasteiger partial charge in [-0.15, -0.1) is 0 Å². The predicted octanol–water partition coefficient (Wildman–Crippen LogP) is 1.39. The molecule has 0 aliphatic carbocycles. The van der Waals surface area contributed by atoms with Crippen LogP contribution in [-0.2, 0) is 16.4 Å². The van der Waals surface area contributed by atoms with Crippen LogP contribution in [0, 0.1) is 0 Å². The van der Waals surface area contributed by atoms with Crippen molar-refractivity contribution < 1.29 is 8.42 Å². The van der Waals surface area contributed by atoms with Crippen LogP contribution < -0.4 is 0 Å². The van der Waals surface area contributed by atoms with E-state index in [1.54, 1.807) is 19.1 Å². The second-order valence-electron chi connectivity index (χ2n) is 3.09. The Bertz CT molecular complexity index is 474. The van der Waals surface area contributed by atoms with E-state index in [1.165, 1.54) is 0 Å². The van der Waals surface area contributed by atoms with Crippen LogP contribution >= 0.6 is 0 Å². The molecule has 0 unspecified atom stereocenters. The highest BCUT2D eigenvalue weighted by Crippen LogP contribution is 2.23. The molecule has 0 spiro atoms. The molecule has 0 atom stereocenters. The fourth-order valence-electron chi connectivity index (χ4n) is 1.46. The average Bonchev–Trinajstić information content (AvgIpc) is 2.02. The molecule has 13 heavy (non-hydrogen) atoms. The first-order chi connectivity index (χ1) is 6.09. The summed E-state index contributed by atoms with van der Waals surface area (Å²) in [6.45, 7) is 1.73. The van der Waals surface area contributed by atoms with Crippen molar-refractivity contribution in [3.8, 4) is 0 Å².